The molecule has 3 aromatic rings. The van der Waals surface area contributed by atoms with Crippen molar-refractivity contribution in [2.24, 2.45) is 5.73 Å². The smallest absolute Gasteiger partial charge is 0.269 e. The van der Waals surface area contributed by atoms with Crippen molar-refractivity contribution in [2.75, 3.05) is 0 Å². The van der Waals surface area contributed by atoms with E-state index in [9.17, 15) is 10.1 Å². The molecule has 0 fully saturated rings. The number of hydrogen-bond acceptors (Lipinski definition) is 4. The summed E-state index contributed by atoms with van der Waals surface area (Å²) in [7, 11) is 0. The van der Waals surface area contributed by atoms with Crippen LogP contribution in [0.2, 0.25) is 0 Å². The minimum Gasteiger partial charge on any atom is -0.384 e. The van der Waals surface area contributed by atoms with Gasteiger partial charge in [-0.3, -0.25) is 15.5 Å². The second-order valence-corrected chi connectivity index (χ2v) is 5.65. The van der Waals surface area contributed by atoms with Gasteiger partial charge in [-0.2, -0.15) is 0 Å². The van der Waals surface area contributed by atoms with Gasteiger partial charge in [0.1, 0.15) is 11.7 Å². The molecule has 126 valence electrons. The highest BCUT2D eigenvalue weighted by molar-refractivity contribution is 5.96. The SMILES string of the molecule is N=C(N)c1ccccc1Cn1ccnc1Cc1cccc([N+](=O)[O-])c1. The molecule has 7 heteroatoms. The topological polar surface area (TPSA) is 111 Å². The summed E-state index contributed by atoms with van der Waals surface area (Å²) in [5.74, 6) is 0.815. The molecule has 3 N–H and O–H groups in total. The van der Waals surface area contributed by atoms with Gasteiger partial charge in [-0.25, -0.2) is 4.98 Å². The highest BCUT2D eigenvalue weighted by Gasteiger charge is 2.11. The van der Waals surface area contributed by atoms with E-state index in [2.05, 4.69) is 4.98 Å². The van der Waals surface area contributed by atoms with Crippen LogP contribution in [-0.4, -0.2) is 20.3 Å². The van der Waals surface area contributed by atoms with Crippen molar-refractivity contribution in [1.82, 2.24) is 9.55 Å². The number of nitrogen functional groups attached to an aromatic ring is 1. The van der Waals surface area contributed by atoms with Gasteiger partial charge < -0.3 is 10.3 Å². The van der Waals surface area contributed by atoms with Crippen LogP contribution in [0.5, 0.6) is 0 Å². The maximum absolute atomic E-state index is 10.9. The van der Waals surface area contributed by atoms with E-state index in [4.69, 9.17) is 11.1 Å². The second kappa shape index (κ2) is 6.96. The number of nitro benzene ring substituents is 1. The molecular weight excluding hydrogens is 318 g/mol. The van der Waals surface area contributed by atoms with Crippen LogP contribution in [0.15, 0.2) is 60.9 Å². The number of nitrogens with one attached hydrogen (secondary N) is 1. The molecule has 1 aromatic heterocycles. The largest absolute Gasteiger partial charge is 0.384 e. The molecule has 1 heterocycles. The van der Waals surface area contributed by atoms with Crippen molar-refractivity contribution >= 4 is 11.5 Å². The first-order chi connectivity index (χ1) is 12.0. The summed E-state index contributed by atoms with van der Waals surface area (Å²) >= 11 is 0. The first-order valence-corrected chi connectivity index (χ1v) is 7.70. The molecule has 0 atom stereocenters. The zero-order valence-electron chi connectivity index (χ0n) is 13.4. The predicted octanol–water partition coefficient (Wildman–Crippen LogP) is 2.71. The molecular formula is C18H17N5O2. The Morgan fingerprint density at radius 3 is 2.80 bits per heavy atom. The zero-order valence-corrected chi connectivity index (χ0v) is 13.4. The van der Waals surface area contributed by atoms with Crippen LogP contribution in [0, 0.1) is 15.5 Å². The summed E-state index contributed by atoms with van der Waals surface area (Å²) < 4.78 is 1.96. The van der Waals surface area contributed by atoms with Crippen molar-refractivity contribution in [3.63, 3.8) is 0 Å². The van der Waals surface area contributed by atoms with Crippen molar-refractivity contribution in [3.05, 3.63) is 93.6 Å². The fraction of sp³-hybridized carbons (Fsp3) is 0.111. The van der Waals surface area contributed by atoms with Crippen molar-refractivity contribution < 1.29 is 4.92 Å². The van der Waals surface area contributed by atoms with E-state index in [1.807, 2.05) is 41.1 Å². The average molecular weight is 335 g/mol. The average Bonchev–Trinajstić information content (AvgIpc) is 3.02. The molecule has 0 saturated carbocycles. The number of nitrogens with two attached hydrogens (primary N) is 1. The molecule has 0 aliphatic carbocycles. The fourth-order valence-electron chi connectivity index (χ4n) is 2.72. The number of aromatic nitrogens is 2. The van der Waals surface area contributed by atoms with Crippen LogP contribution in [0.4, 0.5) is 5.69 Å². The minimum atomic E-state index is -0.404. The van der Waals surface area contributed by atoms with E-state index in [0.717, 1.165) is 17.0 Å². The van der Waals surface area contributed by atoms with Gasteiger partial charge in [0.05, 0.1) is 4.92 Å². The van der Waals surface area contributed by atoms with Crippen LogP contribution in [0.1, 0.15) is 22.5 Å². The lowest BCUT2D eigenvalue weighted by atomic mass is 10.1. The molecule has 0 bridgehead atoms. The quantitative estimate of drug-likeness (QED) is 0.312. The van der Waals surface area contributed by atoms with Crippen LogP contribution in [0.25, 0.3) is 0 Å². The van der Waals surface area contributed by atoms with E-state index in [0.29, 0.717) is 18.5 Å². The highest BCUT2D eigenvalue weighted by Crippen LogP contribution is 2.17. The lowest BCUT2D eigenvalue weighted by molar-refractivity contribution is -0.384. The number of hydrogen-bond donors (Lipinski definition) is 2. The molecule has 0 saturated heterocycles. The van der Waals surface area contributed by atoms with Crippen LogP contribution in [0.3, 0.4) is 0 Å². The Hall–Kier alpha value is -3.48. The predicted molar refractivity (Wildman–Crippen MR) is 94.7 cm³/mol. The summed E-state index contributed by atoms with van der Waals surface area (Å²) in [5.41, 5.74) is 8.15. The number of benzene rings is 2. The molecule has 3 rings (SSSR count). The molecule has 0 unspecified atom stereocenters. The standard InChI is InChI=1S/C18H17N5O2/c19-18(20)16-7-2-1-5-14(16)12-22-9-8-21-17(22)11-13-4-3-6-15(10-13)23(24)25/h1-10H,11-12H2,(H3,19,20). The summed E-state index contributed by atoms with van der Waals surface area (Å²) in [6.07, 6.45) is 4.03. The Kier molecular flexibility index (Phi) is 4.56. The second-order valence-electron chi connectivity index (χ2n) is 5.65. The summed E-state index contributed by atoms with van der Waals surface area (Å²) in [6.45, 7) is 0.528. The van der Waals surface area contributed by atoms with Gasteiger partial charge in [0, 0.05) is 43.1 Å². The highest BCUT2D eigenvalue weighted by atomic mass is 16.6. The summed E-state index contributed by atoms with van der Waals surface area (Å²) in [6, 6.07) is 14.0. The van der Waals surface area contributed by atoms with Gasteiger partial charge >= 0.3 is 0 Å². The first-order valence-electron chi connectivity index (χ1n) is 7.70. The van der Waals surface area contributed by atoms with E-state index in [1.54, 1.807) is 18.3 Å². The summed E-state index contributed by atoms with van der Waals surface area (Å²) in [4.78, 5) is 14.9. The zero-order chi connectivity index (χ0) is 17.8. The lowest BCUT2D eigenvalue weighted by Gasteiger charge is -2.11. The van der Waals surface area contributed by atoms with Crippen LogP contribution < -0.4 is 5.73 Å². The van der Waals surface area contributed by atoms with Gasteiger partial charge in [-0.15, -0.1) is 0 Å². The van der Waals surface area contributed by atoms with E-state index in [1.165, 1.54) is 6.07 Å². The van der Waals surface area contributed by atoms with E-state index < -0.39 is 4.92 Å². The van der Waals surface area contributed by atoms with Gasteiger partial charge in [0.25, 0.3) is 5.69 Å². The van der Waals surface area contributed by atoms with Gasteiger partial charge in [0.15, 0.2) is 0 Å². The van der Waals surface area contributed by atoms with Crippen molar-refractivity contribution in [2.45, 2.75) is 13.0 Å². The van der Waals surface area contributed by atoms with Gasteiger partial charge in [-0.05, 0) is 11.1 Å². The molecule has 0 aliphatic heterocycles. The van der Waals surface area contributed by atoms with E-state index in [-0.39, 0.29) is 11.5 Å². The normalized spacial score (nSPS) is 10.6. The lowest BCUT2D eigenvalue weighted by Crippen LogP contribution is -2.15. The third-order valence-electron chi connectivity index (χ3n) is 3.93. The number of imidazole rings is 1. The molecule has 0 amide bonds. The Morgan fingerprint density at radius 2 is 2.04 bits per heavy atom. The molecule has 2 aromatic carbocycles. The molecule has 25 heavy (non-hydrogen) atoms. The number of non-ortho nitro benzene ring substituents is 1. The van der Waals surface area contributed by atoms with Crippen molar-refractivity contribution in [3.8, 4) is 0 Å². The van der Waals surface area contributed by atoms with E-state index >= 15 is 0 Å². The van der Waals surface area contributed by atoms with Crippen molar-refractivity contribution in [1.29, 1.82) is 5.41 Å². The Labute approximate surface area is 144 Å². The Bertz CT molecular complexity index is 932. The van der Waals surface area contributed by atoms with Gasteiger partial charge in [-0.1, -0.05) is 36.4 Å². The maximum atomic E-state index is 10.9. The Morgan fingerprint density at radius 1 is 1.24 bits per heavy atom. The molecule has 0 radical (unpaired) electrons. The molecule has 0 aliphatic rings. The number of nitro groups is 1. The molecule has 0 spiro atoms. The number of rotatable bonds is 6. The summed E-state index contributed by atoms with van der Waals surface area (Å²) in [5, 5.41) is 18.6. The third-order valence-corrected chi connectivity index (χ3v) is 3.93. The van der Waals surface area contributed by atoms with Crippen LogP contribution in [-0.2, 0) is 13.0 Å². The number of nitrogens with zero attached hydrogens (tertiary/aromatic N) is 3. The minimum absolute atomic E-state index is 0.0240. The fourth-order valence-corrected chi connectivity index (χ4v) is 2.72. The van der Waals surface area contributed by atoms with Gasteiger partial charge in [0.2, 0.25) is 0 Å². The Balaban J connectivity index is 1.86. The number of amidine groups is 1. The van der Waals surface area contributed by atoms with Crippen LogP contribution >= 0.6 is 0 Å². The first kappa shape index (κ1) is 16.4. The maximum Gasteiger partial charge on any atom is 0.269 e. The monoisotopic (exact) mass is 335 g/mol. The molecule has 7 nitrogen and oxygen atoms in total. The third kappa shape index (κ3) is 3.72.